The summed E-state index contributed by atoms with van der Waals surface area (Å²) in [7, 11) is 1.83. The number of hydrogen-bond donors (Lipinski definition) is 2. The monoisotopic (exact) mass is 345 g/mol. The molecule has 0 spiro atoms. The second-order valence-electron chi connectivity index (χ2n) is 6.69. The first-order chi connectivity index (χ1) is 12.3. The zero-order chi connectivity index (χ0) is 17.9. The van der Waals surface area contributed by atoms with E-state index in [0.717, 1.165) is 38.7 Å². The van der Waals surface area contributed by atoms with Crippen LogP contribution in [0.1, 0.15) is 37.8 Å². The van der Waals surface area contributed by atoms with Crippen LogP contribution >= 0.6 is 0 Å². The summed E-state index contributed by atoms with van der Waals surface area (Å²) < 4.78 is 0. The van der Waals surface area contributed by atoms with E-state index in [4.69, 9.17) is 0 Å². The molecule has 0 saturated carbocycles. The fourth-order valence-electron chi connectivity index (χ4n) is 3.17. The van der Waals surface area contributed by atoms with Crippen molar-refractivity contribution in [3.63, 3.8) is 0 Å². The van der Waals surface area contributed by atoms with Crippen LogP contribution in [0.5, 0.6) is 0 Å². The fourth-order valence-corrected chi connectivity index (χ4v) is 3.17. The molecule has 0 unspecified atom stereocenters. The molecule has 0 amide bonds. The number of nitrogens with zero attached hydrogens (tertiary/aromatic N) is 3. The van der Waals surface area contributed by atoms with E-state index in [9.17, 15) is 0 Å². The molecule has 1 heterocycles. The smallest absolute Gasteiger partial charge is 0.191 e. The van der Waals surface area contributed by atoms with Gasteiger partial charge in [-0.1, -0.05) is 44.5 Å². The molecule has 5 nitrogen and oxygen atoms in total. The Labute approximate surface area is 153 Å². The van der Waals surface area contributed by atoms with Crippen molar-refractivity contribution in [1.82, 2.24) is 20.4 Å². The molecule has 0 bridgehead atoms. The maximum absolute atomic E-state index is 4.32. The second kappa shape index (κ2) is 11.1. The zero-order valence-electron chi connectivity index (χ0n) is 16.2. The standard InChI is InChI=1S/C20H35N5/c1-4-6-11-22-20(21-3)23-16-18-9-7-8-10-19(18)17-25-14-12-24(5-2)13-15-25/h7-10H,4-6,11-17H2,1-3H3,(H2,21,22,23). The van der Waals surface area contributed by atoms with Gasteiger partial charge in [-0.15, -0.1) is 0 Å². The normalized spacial score (nSPS) is 16.8. The van der Waals surface area contributed by atoms with Crippen molar-refractivity contribution in [3.8, 4) is 0 Å². The van der Waals surface area contributed by atoms with Gasteiger partial charge < -0.3 is 15.5 Å². The number of aliphatic imine (C=N–C) groups is 1. The van der Waals surface area contributed by atoms with E-state index in [-0.39, 0.29) is 0 Å². The molecular formula is C20H35N5. The summed E-state index contributed by atoms with van der Waals surface area (Å²) in [4.78, 5) is 9.41. The summed E-state index contributed by atoms with van der Waals surface area (Å²) >= 11 is 0. The minimum Gasteiger partial charge on any atom is -0.356 e. The van der Waals surface area contributed by atoms with E-state index in [1.165, 1.54) is 43.6 Å². The molecule has 1 fully saturated rings. The lowest BCUT2D eigenvalue weighted by Gasteiger charge is -2.34. The lowest BCUT2D eigenvalue weighted by molar-refractivity contribution is 0.131. The zero-order valence-corrected chi connectivity index (χ0v) is 16.2. The fraction of sp³-hybridized carbons (Fsp3) is 0.650. The molecule has 1 aromatic carbocycles. The van der Waals surface area contributed by atoms with Gasteiger partial charge >= 0.3 is 0 Å². The molecule has 1 aliphatic rings. The molecule has 25 heavy (non-hydrogen) atoms. The van der Waals surface area contributed by atoms with Crippen LogP contribution in [0.4, 0.5) is 0 Å². The first-order valence-corrected chi connectivity index (χ1v) is 9.72. The minimum absolute atomic E-state index is 0.816. The number of nitrogens with one attached hydrogen (secondary N) is 2. The third-order valence-electron chi connectivity index (χ3n) is 4.92. The van der Waals surface area contributed by atoms with Gasteiger partial charge in [0.15, 0.2) is 5.96 Å². The predicted molar refractivity (Wildman–Crippen MR) is 107 cm³/mol. The lowest BCUT2D eigenvalue weighted by Crippen LogP contribution is -2.45. The molecule has 140 valence electrons. The van der Waals surface area contributed by atoms with Crippen LogP contribution in [-0.2, 0) is 13.1 Å². The van der Waals surface area contributed by atoms with Crippen molar-refractivity contribution < 1.29 is 0 Å². The molecule has 1 aromatic rings. The molecule has 2 N–H and O–H groups in total. The maximum Gasteiger partial charge on any atom is 0.191 e. The first-order valence-electron chi connectivity index (χ1n) is 9.72. The Morgan fingerprint density at radius 1 is 1.00 bits per heavy atom. The Morgan fingerprint density at radius 3 is 2.32 bits per heavy atom. The summed E-state index contributed by atoms with van der Waals surface area (Å²) in [5.41, 5.74) is 2.78. The van der Waals surface area contributed by atoms with Crippen molar-refractivity contribution in [2.24, 2.45) is 4.99 Å². The maximum atomic E-state index is 4.32. The van der Waals surface area contributed by atoms with Gasteiger partial charge in [0.1, 0.15) is 0 Å². The Hall–Kier alpha value is -1.59. The van der Waals surface area contributed by atoms with Crippen LogP contribution in [0.15, 0.2) is 29.3 Å². The number of likely N-dealkylation sites (N-methyl/N-ethyl adjacent to an activating group) is 1. The van der Waals surface area contributed by atoms with E-state index in [1.54, 1.807) is 0 Å². The van der Waals surface area contributed by atoms with Crippen LogP contribution in [0.3, 0.4) is 0 Å². The molecule has 1 aliphatic heterocycles. The molecule has 5 heteroatoms. The van der Waals surface area contributed by atoms with Gasteiger partial charge in [-0.05, 0) is 24.1 Å². The van der Waals surface area contributed by atoms with Gasteiger partial charge in [0.05, 0.1) is 0 Å². The van der Waals surface area contributed by atoms with E-state index in [2.05, 4.69) is 63.5 Å². The third kappa shape index (κ3) is 6.67. The molecule has 1 saturated heterocycles. The van der Waals surface area contributed by atoms with Crippen molar-refractivity contribution in [3.05, 3.63) is 35.4 Å². The van der Waals surface area contributed by atoms with Crippen LogP contribution in [0, 0.1) is 0 Å². The van der Waals surface area contributed by atoms with Crippen molar-refractivity contribution in [2.45, 2.75) is 39.8 Å². The average Bonchev–Trinajstić information content (AvgIpc) is 2.66. The Kier molecular flexibility index (Phi) is 8.77. The summed E-state index contributed by atoms with van der Waals surface area (Å²) in [6.45, 7) is 13.1. The SMILES string of the molecule is CCCCNC(=NC)NCc1ccccc1CN1CCN(CC)CC1. The highest BCUT2D eigenvalue weighted by atomic mass is 15.3. The highest BCUT2D eigenvalue weighted by Crippen LogP contribution is 2.13. The van der Waals surface area contributed by atoms with Gasteiger partial charge in [-0.2, -0.15) is 0 Å². The first kappa shape index (κ1) is 19.7. The van der Waals surface area contributed by atoms with Gasteiger partial charge in [-0.3, -0.25) is 9.89 Å². The molecule has 0 aromatic heterocycles. The van der Waals surface area contributed by atoms with E-state index < -0.39 is 0 Å². The number of hydrogen-bond acceptors (Lipinski definition) is 3. The van der Waals surface area contributed by atoms with Gasteiger partial charge in [0, 0.05) is 52.9 Å². The van der Waals surface area contributed by atoms with Crippen molar-refractivity contribution >= 4 is 5.96 Å². The number of benzene rings is 1. The molecule has 0 atom stereocenters. The average molecular weight is 346 g/mol. The quantitative estimate of drug-likeness (QED) is 0.431. The molecule has 0 radical (unpaired) electrons. The largest absolute Gasteiger partial charge is 0.356 e. The van der Waals surface area contributed by atoms with E-state index in [1.807, 2.05) is 7.05 Å². The Balaban J connectivity index is 1.87. The summed E-state index contributed by atoms with van der Waals surface area (Å²) in [5, 5.41) is 6.83. The van der Waals surface area contributed by atoms with Crippen LogP contribution in [0.2, 0.25) is 0 Å². The van der Waals surface area contributed by atoms with E-state index >= 15 is 0 Å². The highest BCUT2D eigenvalue weighted by molar-refractivity contribution is 5.79. The van der Waals surface area contributed by atoms with Crippen LogP contribution < -0.4 is 10.6 Å². The minimum atomic E-state index is 0.816. The van der Waals surface area contributed by atoms with Crippen molar-refractivity contribution in [1.29, 1.82) is 0 Å². The second-order valence-corrected chi connectivity index (χ2v) is 6.69. The third-order valence-corrected chi connectivity index (χ3v) is 4.92. The summed E-state index contributed by atoms with van der Waals surface area (Å²) in [6.07, 6.45) is 2.36. The number of piperazine rings is 1. The summed E-state index contributed by atoms with van der Waals surface area (Å²) in [6, 6.07) is 8.76. The van der Waals surface area contributed by atoms with Gasteiger partial charge in [0.25, 0.3) is 0 Å². The molecule has 2 rings (SSSR count). The number of unbranched alkanes of at least 4 members (excludes halogenated alkanes) is 1. The Morgan fingerprint density at radius 2 is 1.68 bits per heavy atom. The number of rotatable bonds is 8. The van der Waals surface area contributed by atoms with Crippen LogP contribution in [-0.4, -0.2) is 62.1 Å². The Bertz CT molecular complexity index is 521. The molecular weight excluding hydrogens is 310 g/mol. The van der Waals surface area contributed by atoms with E-state index in [0.29, 0.717) is 0 Å². The topological polar surface area (TPSA) is 42.9 Å². The summed E-state index contributed by atoms with van der Waals surface area (Å²) in [5.74, 6) is 0.889. The predicted octanol–water partition coefficient (Wildman–Crippen LogP) is 2.29. The van der Waals surface area contributed by atoms with Gasteiger partial charge in [-0.25, -0.2) is 0 Å². The lowest BCUT2D eigenvalue weighted by atomic mass is 10.1. The highest BCUT2D eigenvalue weighted by Gasteiger charge is 2.16. The van der Waals surface area contributed by atoms with Gasteiger partial charge in [0.2, 0.25) is 0 Å². The van der Waals surface area contributed by atoms with Crippen LogP contribution in [0.25, 0.3) is 0 Å². The molecule has 0 aliphatic carbocycles. The number of guanidine groups is 1. The van der Waals surface area contributed by atoms with Crippen molar-refractivity contribution in [2.75, 3.05) is 46.3 Å².